The Bertz CT molecular complexity index is 1240. The Morgan fingerprint density at radius 1 is 1.28 bits per heavy atom. The van der Waals surface area contributed by atoms with Gasteiger partial charge in [0.2, 0.25) is 5.90 Å². The Balaban J connectivity index is 1.89. The minimum atomic E-state index is -0.639. The minimum Gasteiger partial charge on any atom is -0.508 e. The van der Waals surface area contributed by atoms with E-state index in [2.05, 4.69) is 9.89 Å². The van der Waals surface area contributed by atoms with E-state index >= 15 is 0 Å². The first-order chi connectivity index (χ1) is 17.2. The Hall–Kier alpha value is -3.38. The molecule has 1 aliphatic rings. The monoisotopic (exact) mass is 509 g/mol. The summed E-state index contributed by atoms with van der Waals surface area (Å²) in [5, 5.41) is 18.4. The smallest absolute Gasteiger partial charge is 0.210 e. The molecule has 0 spiro atoms. The number of halogens is 2. The number of aliphatic imine (C=N–C) groups is 1. The van der Waals surface area contributed by atoms with Gasteiger partial charge in [-0.05, 0) is 75.1 Å². The van der Waals surface area contributed by atoms with E-state index in [0.29, 0.717) is 24.1 Å². The van der Waals surface area contributed by atoms with Crippen molar-refractivity contribution in [3.8, 4) is 5.75 Å². The molecule has 0 amide bonds. The van der Waals surface area contributed by atoms with Gasteiger partial charge >= 0.3 is 0 Å². The van der Waals surface area contributed by atoms with Crippen molar-refractivity contribution >= 4 is 29.4 Å². The summed E-state index contributed by atoms with van der Waals surface area (Å²) in [6.45, 7) is 8.63. The van der Waals surface area contributed by atoms with E-state index in [1.165, 1.54) is 6.07 Å². The van der Waals surface area contributed by atoms with Gasteiger partial charge in [-0.15, -0.1) is 0 Å². The number of allylic oxidation sites excluding steroid dienone is 5. The number of ether oxygens (including phenoxy) is 1. The van der Waals surface area contributed by atoms with Gasteiger partial charge in [-0.1, -0.05) is 48.9 Å². The highest BCUT2D eigenvalue weighted by Crippen LogP contribution is 2.50. The number of phenols is 1. The van der Waals surface area contributed by atoms with Crippen molar-refractivity contribution in [2.45, 2.75) is 46.0 Å². The number of phenolic OH excluding ortho intramolecular Hbond substituents is 1. The number of rotatable bonds is 9. The largest absolute Gasteiger partial charge is 0.508 e. The van der Waals surface area contributed by atoms with Crippen LogP contribution in [0.1, 0.15) is 45.2 Å². The molecule has 5 nitrogen and oxygen atoms in total. The molecule has 0 aliphatic carbocycles. The van der Waals surface area contributed by atoms with Crippen molar-refractivity contribution in [2.24, 2.45) is 4.99 Å². The van der Waals surface area contributed by atoms with Crippen LogP contribution in [0.4, 0.5) is 10.1 Å². The molecule has 0 saturated carbocycles. The summed E-state index contributed by atoms with van der Waals surface area (Å²) in [4.78, 5) is 6.46. The zero-order valence-electron chi connectivity index (χ0n) is 21.2. The van der Waals surface area contributed by atoms with E-state index in [4.69, 9.17) is 21.7 Å². The first-order valence-electron chi connectivity index (χ1n) is 12.0. The van der Waals surface area contributed by atoms with Gasteiger partial charge in [0.05, 0.1) is 5.02 Å². The van der Waals surface area contributed by atoms with Gasteiger partial charge < -0.3 is 14.7 Å². The second-order valence-corrected chi connectivity index (χ2v) is 9.25. The average molecular weight is 510 g/mol. The predicted molar refractivity (Wildman–Crippen MR) is 147 cm³/mol. The third-order valence-corrected chi connectivity index (χ3v) is 6.60. The molecule has 0 bridgehead atoms. The fourth-order valence-corrected chi connectivity index (χ4v) is 4.63. The Morgan fingerprint density at radius 3 is 2.78 bits per heavy atom. The van der Waals surface area contributed by atoms with Crippen molar-refractivity contribution in [3.05, 3.63) is 93.9 Å². The van der Waals surface area contributed by atoms with Crippen LogP contribution < -0.4 is 4.90 Å². The Labute approximate surface area is 217 Å². The molecule has 7 heteroatoms. The van der Waals surface area contributed by atoms with Gasteiger partial charge in [-0.2, -0.15) is 0 Å². The van der Waals surface area contributed by atoms with Crippen LogP contribution in [-0.2, 0) is 16.6 Å². The van der Waals surface area contributed by atoms with Crippen molar-refractivity contribution < 1.29 is 14.2 Å². The lowest BCUT2D eigenvalue weighted by Crippen LogP contribution is -2.31. The molecular weight excluding hydrogens is 477 g/mol. The van der Waals surface area contributed by atoms with Gasteiger partial charge in [0.1, 0.15) is 11.6 Å². The van der Waals surface area contributed by atoms with Gasteiger partial charge in [0.25, 0.3) is 0 Å². The predicted octanol–water partition coefficient (Wildman–Crippen LogP) is 7.34. The number of fused-ring (bicyclic) bond motifs is 1. The molecule has 2 aromatic rings. The van der Waals surface area contributed by atoms with Crippen LogP contribution in [-0.4, -0.2) is 30.5 Å². The quantitative estimate of drug-likeness (QED) is 0.211. The fraction of sp³-hybridized carbons (Fsp3) is 0.310. The zero-order chi connectivity index (χ0) is 26.3. The summed E-state index contributed by atoms with van der Waals surface area (Å²) in [5.41, 5.74) is 3.36. The molecule has 2 N–H and O–H groups in total. The van der Waals surface area contributed by atoms with Crippen molar-refractivity contribution in [3.63, 3.8) is 0 Å². The lowest BCUT2D eigenvalue weighted by molar-refractivity contribution is 0.316. The molecule has 0 fully saturated rings. The summed E-state index contributed by atoms with van der Waals surface area (Å²) in [6.07, 6.45) is 10.6. The molecule has 1 aliphatic heterocycles. The lowest BCUT2D eigenvalue weighted by atomic mass is 9.76. The van der Waals surface area contributed by atoms with Gasteiger partial charge in [-0.3, -0.25) is 10.4 Å². The van der Waals surface area contributed by atoms with Crippen LogP contribution in [0.25, 0.3) is 0 Å². The zero-order valence-corrected chi connectivity index (χ0v) is 21.9. The highest BCUT2D eigenvalue weighted by atomic mass is 35.5. The number of nitrogens with zero attached hydrogens (tertiary/aromatic N) is 2. The molecule has 1 heterocycles. The summed E-state index contributed by atoms with van der Waals surface area (Å²) >= 11 is 6.06. The highest BCUT2D eigenvalue weighted by Gasteiger charge is 2.43. The summed E-state index contributed by atoms with van der Waals surface area (Å²) in [6, 6.07) is 10.3. The highest BCUT2D eigenvalue weighted by molar-refractivity contribution is 6.30. The van der Waals surface area contributed by atoms with E-state index in [0.717, 1.165) is 23.4 Å². The van der Waals surface area contributed by atoms with Gasteiger partial charge in [0.15, 0.2) is 6.73 Å². The molecular formula is C29H33ClFN3O2. The summed E-state index contributed by atoms with van der Waals surface area (Å²) in [7, 11) is 0. The third-order valence-electron chi connectivity index (χ3n) is 6.31. The topological polar surface area (TPSA) is 68.9 Å². The number of hydrogen-bond donors (Lipinski definition) is 2. The van der Waals surface area contributed by atoms with E-state index in [1.807, 2.05) is 58.1 Å². The Kier molecular flexibility index (Phi) is 9.10. The molecule has 1 unspecified atom stereocenters. The molecule has 36 heavy (non-hydrogen) atoms. The van der Waals surface area contributed by atoms with Crippen molar-refractivity contribution in [2.75, 3.05) is 18.2 Å². The van der Waals surface area contributed by atoms with Crippen LogP contribution in [0.5, 0.6) is 5.75 Å². The Morgan fingerprint density at radius 2 is 2.06 bits per heavy atom. The van der Waals surface area contributed by atoms with E-state index in [1.54, 1.807) is 30.5 Å². The maximum atomic E-state index is 14.9. The number of anilines is 1. The number of likely N-dealkylation sites (N-methyl/N-ethyl adjacent to an activating group) is 1. The number of benzene rings is 2. The molecule has 1 atom stereocenters. The van der Waals surface area contributed by atoms with Crippen LogP contribution in [0.15, 0.2) is 77.0 Å². The van der Waals surface area contributed by atoms with E-state index in [-0.39, 0.29) is 23.4 Å². The number of hydrogen-bond acceptors (Lipinski definition) is 5. The number of nitrogens with one attached hydrogen (secondary N) is 1. The van der Waals surface area contributed by atoms with Crippen LogP contribution in [0, 0.1) is 11.2 Å². The van der Waals surface area contributed by atoms with Crippen LogP contribution in [0.2, 0.25) is 5.02 Å². The van der Waals surface area contributed by atoms with Crippen molar-refractivity contribution in [1.29, 1.82) is 5.41 Å². The molecule has 0 aromatic heterocycles. The molecule has 190 valence electrons. The maximum absolute atomic E-state index is 14.9. The van der Waals surface area contributed by atoms with Gasteiger partial charge in [0, 0.05) is 35.1 Å². The molecule has 3 rings (SSSR count). The van der Waals surface area contributed by atoms with E-state index < -0.39 is 11.2 Å². The normalized spacial score (nSPS) is 19.0. The fourth-order valence-electron chi connectivity index (χ4n) is 4.44. The van der Waals surface area contributed by atoms with Crippen LogP contribution in [0.3, 0.4) is 0 Å². The standard InChI is InChI=1S/C29H33ClFN3O2/c1-5-7-8-10-20(3)28(32)36-19-33-16-15-26-29(4,18-21-11-9-12-24(30)27(21)31)23-17-22(35)13-14-25(23)34(26)6-2/h7-17,32,35H,5-6,18-19H2,1-4H3/b8-7?,20-10+,26-15-,32-28?,33-16-. The third kappa shape index (κ3) is 5.88. The van der Waals surface area contributed by atoms with E-state index in [9.17, 15) is 9.50 Å². The van der Waals surface area contributed by atoms with Crippen LogP contribution >= 0.6 is 11.6 Å². The SMILES string of the molecule is CCC=C/C=C(\C)C(=N)OC/N=C\C=C1/N(CC)c2ccc(O)cc2C1(C)Cc1cccc(Cl)c1F. The minimum absolute atomic E-state index is 0.00474. The first kappa shape index (κ1) is 27.2. The molecule has 2 aromatic carbocycles. The first-order valence-corrected chi connectivity index (χ1v) is 12.4. The van der Waals surface area contributed by atoms with Gasteiger partial charge in [-0.25, -0.2) is 4.39 Å². The number of aromatic hydroxyl groups is 1. The van der Waals surface area contributed by atoms with Crippen molar-refractivity contribution in [1.82, 2.24) is 0 Å². The second kappa shape index (κ2) is 12.0. The molecule has 0 saturated heterocycles. The average Bonchev–Trinajstić information content (AvgIpc) is 3.08. The maximum Gasteiger partial charge on any atom is 0.210 e. The molecule has 0 radical (unpaired) electrons. The summed E-state index contributed by atoms with van der Waals surface area (Å²) < 4.78 is 20.3. The second-order valence-electron chi connectivity index (χ2n) is 8.84. The lowest BCUT2D eigenvalue weighted by Gasteiger charge is -2.30. The summed E-state index contributed by atoms with van der Waals surface area (Å²) in [5.74, 6) is -0.212.